The van der Waals surface area contributed by atoms with Gasteiger partial charge in [-0.2, -0.15) is 0 Å². The van der Waals surface area contributed by atoms with Crippen molar-refractivity contribution in [2.45, 2.75) is 0 Å². The van der Waals surface area contributed by atoms with Crippen LogP contribution in [0, 0.1) is 0 Å². The van der Waals surface area contributed by atoms with Gasteiger partial charge in [-0.15, -0.1) is 6.58 Å². The highest BCUT2D eigenvalue weighted by Gasteiger charge is 2.32. The maximum Gasteiger partial charge on any atom is 0.341 e. The lowest BCUT2D eigenvalue weighted by atomic mass is 10.1. The van der Waals surface area contributed by atoms with Gasteiger partial charge in [-0.25, -0.2) is 4.79 Å². The molecule has 2 amide bonds. The van der Waals surface area contributed by atoms with Crippen molar-refractivity contribution in [3.05, 3.63) is 48.1 Å². The Hall–Kier alpha value is -3.00. The number of nitrogens with zero attached hydrogens (tertiary/aromatic N) is 1. The Morgan fingerprint density at radius 3 is 2.83 bits per heavy atom. The summed E-state index contributed by atoms with van der Waals surface area (Å²) in [6.07, 6.45) is 2.89. The molecule has 0 radical (unpaired) electrons. The van der Waals surface area contributed by atoms with Crippen molar-refractivity contribution in [1.82, 2.24) is 10.2 Å². The average molecular weight is 346 g/mol. The lowest BCUT2D eigenvalue weighted by Gasteiger charge is -2.27. The highest BCUT2D eigenvalue weighted by molar-refractivity contribution is 7.80. The summed E-state index contributed by atoms with van der Waals surface area (Å²) in [7, 11) is 0. The maximum absolute atomic E-state index is 12.4. The molecule has 1 aliphatic rings. The van der Waals surface area contributed by atoms with E-state index in [1.807, 2.05) is 0 Å². The molecule has 2 rings (SSSR count). The molecule has 1 saturated heterocycles. The number of hydrogen-bond donors (Lipinski definition) is 2. The van der Waals surface area contributed by atoms with Crippen LogP contribution in [0.2, 0.25) is 0 Å². The first-order valence-corrected chi connectivity index (χ1v) is 7.27. The number of benzene rings is 1. The number of amides is 2. The monoisotopic (exact) mass is 346 g/mol. The maximum atomic E-state index is 12.4. The molecular weight excluding hydrogens is 332 g/mol. The molecule has 2 N–H and O–H groups in total. The average Bonchev–Trinajstić information content (AvgIpc) is 2.54. The van der Waals surface area contributed by atoms with Crippen molar-refractivity contribution in [2.75, 3.05) is 13.2 Å². The number of carbonyl (C=O) groups is 3. The Bertz CT molecular complexity index is 757. The van der Waals surface area contributed by atoms with E-state index in [0.29, 0.717) is 11.3 Å². The predicted molar refractivity (Wildman–Crippen MR) is 90.2 cm³/mol. The summed E-state index contributed by atoms with van der Waals surface area (Å²) < 4.78 is 5.07. The van der Waals surface area contributed by atoms with E-state index in [1.165, 1.54) is 23.1 Å². The van der Waals surface area contributed by atoms with Gasteiger partial charge in [-0.3, -0.25) is 19.8 Å². The molecule has 0 atom stereocenters. The number of ether oxygens (including phenoxy) is 1. The molecule has 0 aliphatic carbocycles. The molecule has 24 heavy (non-hydrogen) atoms. The smallest absolute Gasteiger partial charge is 0.341 e. The third kappa shape index (κ3) is 4.05. The summed E-state index contributed by atoms with van der Waals surface area (Å²) in [5.74, 6) is -1.91. The zero-order chi connectivity index (χ0) is 17.7. The van der Waals surface area contributed by atoms with E-state index in [9.17, 15) is 14.4 Å². The van der Waals surface area contributed by atoms with Crippen LogP contribution in [0.1, 0.15) is 5.56 Å². The van der Waals surface area contributed by atoms with Crippen molar-refractivity contribution >= 4 is 41.2 Å². The van der Waals surface area contributed by atoms with Crippen LogP contribution >= 0.6 is 12.2 Å². The summed E-state index contributed by atoms with van der Waals surface area (Å²) >= 11 is 4.97. The van der Waals surface area contributed by atoms with Crippen LogP contribution in [0.15, 0.2) is 42.5 Å². The molecule has 1 heterocycles. The standard InChI is InChI=1S/C16H14N2O5S/c1-2-6-18-15(22)12(14(21)17-16(18)24)8-10-4-3-5-11(7-10)23-9-13(19)20/h2-5,7-8H,1,6,9H2,(H,19,20)(H,17,21,24)/b12-8-. The van der Waals surface area contributed by atoms with E-state index in [2.05, 4.69) is 11.9 Å². The zero-order valence-corrected chi connectivity index (χ0v) is 13.3. The van der Waals surface area contributed by atoms with E-state index in [4.69, 9.17) is 22.1 Å². The second-order valence-corrected chi connectivity index (χ2v) is 5.16. The van der Waals surface area contributed by atoms with Crippen molar-refractivity contribution < 1.29 is 24.2 Å². The normalized spacial score (nSPS) is 16.1. The van der Waals surface area contributed by atoms with Gasteiger partial charge in [-0.1, -0.05) is 18.2 Å². The summed E-state index contributed by atoms with van der Waals surface area (Å²) in [5.41, 5.74) is 0.434. The molecular formula is C16H14N2O5S. The fourth-order valence-corrected chi connectivity index (χ4v) is 2.24. The van der Waals surface area contributed by atoms with Crippen molar-refractivity contribution in [3.63, 3.8) is 0 Å². The Kier molecular flexibility index (Phi) is 5.43. The SMILES string of the molecule is C=CCN1C(=O)/C(=C\c2cccc(OCC(=O)O)c2)C(=O)NC1=S. The largest absolute Gasteiger partial charge is 0.482 e. The van der Waals surface area contributed by atoms with Gasteiger partial charge in [0.1, 0.15) is 11.3 Å². The van der Waals surface area contributed by atoms with Crippen LogP contribution < -0.4 is 10.1 Å². The first-order valence-electron chi connectivity index (χ1n) is 6.87. The topological polar surface area (TPSA) is 95.9 Å². The molecule has 8 heteroatoms. The molecule has 7 nitrogen and oxygen atoms in total. The number of aliphatic carboxylic acids is 1. The summed E-state index contributed by atoms with van der Waals surface area (Å²) in [5, 5.41) is 11.1. The van der Waals surface area contributed by atoms with E-state index in [1.54, 1.807) is 18.2 Å². The quantitative estimate of drug-likeness (QED) is 0.345. The van der Waals surface area contributed by atoms with E-state index in [-0.39, 0.29) is 17.2 Å². The second kappa shape index (κ2) is 7.51. The van der Waals surface area contributed by atoms with Crippen LogP contribution in [-0.4, -0.2) is 46.1 Å². The summed E-state index contributed by atoms with van der Waals surface area (Å²) in [6.45, 7) is 3.24. The van der Waals surface area contributed by atoms with Gasteiger partial charge in [0.15, 0.2) is 11.7 Å². The van der Waals surface area contributed by atoms with Gasteiger partial charge < -0.3 is 9.84 Å². The number of carboxylic acids is 1. The predicted octanol–water partition coefficient (Wildman–Crippen LogP) is 0.963. The Labute approximate surface area is 143 Å². The number of nitrogens with one attached hydrogen (secondary N) is 1. The fraction of sp³-hybridized carbons (Fsp3) is 0.125. The Balaban J connectivity index is 2.28. The van der Waals surface area contributed by atoms with Gasteiger partial charge >= 0.3 is 5.97 Å². The molecule has 0 unspecified atom stereocenters. The van der Waals surface area contributed by atoms with Gasteiger partial charge in [-0.05, 0) is 36.0 Å². The fourth-order valence-electron chi connectivity index (χ4n) is 1.99. The number of rotatable bonds is 6. The minimum Gasteiger partial charge on any atom is -0.482 e. The summed E-state index contributed by atoms with van der Waals surface area (Å²) in [4.78, 5) is 36.2. The molecule has 0 aromatic heterocycles. The highest BCUT2D eigenvalue weighted by Crippen LogP contribution is 2.18. The van der Waals surface area contributed by atoms with Gasteiger partial charge in [0.25, 0.3) is 11.8 Å². The molecule has 1 fully saturated rings. The van der Waals surface area contributed by atoms with Crippen LogP contribution in [0.5, 0.6) is 5.75 Å². The number of hydrogen-bond acceptors (Lipinski definition) is 5. The Morgan fingerprint density at radius 2 is 2.17 bits per heavy atom. The van der Waals surface area contributed by atoms with Crippen molar-refractivity contribution in [2.24, 2.45) is 0 Å². The van der Waals surface area contributed by atoms with E-state index < -0.39 is 24.4 Å². The van der Waals surface area contributed by atoms with Crippen LogP contribution in [0.25, 0.3) is 6.08 Å². The Morgan fingerprint density at radius 1 is 1.42 bits per heavy atom. The molecule has 0 spiro atoms. The van der Waals surface area contributed by atoms with Gasteiger partial charge in [0.05, 0.1) is 0 Å². The van der Waals surface area contributed by atoms with Crippen molar-refractivity contribution in [1.29, 1.82) is 0 Å². The molecule has 124 valence electrons. The van der Waals surface area contributed by atoms with E-state index in [0.717, 1.165) is 0 Å². The number of thiocarbonyl (C=S) groups is 1. The number of carboxylic acid groups (broad SMARTS) is 1. The van der Waals surface area contributed by atoms with Crippen LogP contribution in [0.3, 0.4) is 0 Å². The second-order valence-electron chi connectivity index (χ2n) is 4.78. The molecule has 1 aliphatic heterocycles. The van der Waals surface area contributed by atoms with Crippen molar-refractivity contribution in [3.8, 4) is 5.75 Å². The highest BCUT2D eigenvalue weighted by atomic mass is 32.1. The molecule has 1 aromatic carbocycles. The first-order chi connectivity index (χ1) is 11.4. The van der Waals surface area contributed by atoms with Gasteiger partial charge in [0.2, 0.25) is 0 Å². The van der Waals surface area contributed by atoms with Crippen LogP contribution in [-0.2, 0) is 14.4 Å². The van der Waals surface area contributed by atoms with E-state index >= 15 is 0 Å². The third-order valence-electron chi connectivity index (χ3n) is 3.03. The minimum absolute atomic E-state index is 0.0283. The third-order valence-corrected chi connectivity index (χ3v) is 3.35. The lowest BCUT2D eigenvalue weighted by Crippen LogP contribution is -2.53. The summed E-state index contributed by atoms with van der Waals surface area (Å²) in [6, 6.07) is 6.39. The number of carbonyl (C=O) groups excluding carboxylic acids is 2. The molecule has 0 bridgehead atoms. The lowest BCUT2D eigenvalue weighted by molar-refractivity contribution is -0.139. The van der Waals surface area contributed by atoms with Gasteiger partial charge in [0, 0.05) is 6.54 Å². The zero-order valence-electron chi connectivity index (χ0n) is 12.5. The molecule has 0 saturated carbocycles. The molecule has 1 aromatic rings. The van der Waals surface area contributed by atoms with Crippen LogP contribution in [0.4, 0.5) is 0 Å². The minimum atomic E-state index is -1.10. The first kappa shape index (κ1) is 17.4.